The average molecular weight is 612 g/mol. The Morgan fingerprint density at radius 1 is 0.292 bits per heavy atom. The van der Waals surface area contributed by atoms with Gasteiger partial charge in [-0.2, -0.15) is 0 Å². The summed E-state index contributed by atoms with van der Waals surface area (Å²) in [7, 11) is 0. The van der Waals surface area contributed by atoms with Crippen molar-refractivity contribution in [1.82, 2.24) is 24.9 Å². The molecule has 0 radical (unpaired) electrons. The van der Waals surface area contributed by atoms with E-state index < -0.39 is 0 Å². The quantitative estimate of drug-likeness (QED) is 0.186. The van der Waals surface area contributed by atoms with Crippen LogP contribution in [0.5, 0.6) is 0 Å². The smallest absolute Gasteiger partial charge is 0.0979 e. The minimum Gasteiger partial charge on any atom is -0.254 e. The van der Waals surface area contributed by atoms with E-state index in [0.717, 1.165) is 77.4 Å². The topological polar surface area (TPSA) is 64.5 Å². The lowest BCUT2D eigenvalue weighted by atomic mass is 9.97. The Morgan fingerprint density at radius 2 is 0.812 bits per heavy atom. The first-order valence-electron chi connectivity index (χ1n) is 16.0. The Labute approximate surface area is 275 Å². The highest BCUT2D eigenvalue weighted by Gasteiger charge is 2.14. The molecule has 0 aliphatic rings. The van der Waals surface area contributed by atoms with Crippen molar-refractivity contribution in [3.05, 3.63) is 152 Å². The Balaban J connectivity index is 1.04. The molecule has 0 spiro atoms. The van der Waals surface area contributed by atoms with E-state index in [2.05, 4.69) is 103 Å². The number of pyridine rings is 5. The molecule has 0 bridgehead atoms. The summed E-state index contributed by atoms with van der Waals surface area (Å²) in [6, 6.07) is 46.3. The van der Waals surface area contributed by atoms with Gasteiger partial charge in [0, 0.05) is 51.3 Å². The molecule has 0 aliphatic heterocycles. The van der Waals surface area contributed by atoms with E-state index in [1.165, 1.54) is 21.5 Å². The van der Waals surface area contributed by atoms with Gasteiger partial charge in [0.1, 0.15) is 0 Å². The largest absolute Gasteiger partial charge is 0.254 e. The zero-order chi connectivity index (χ0) is 31.6. The lowest BCUT2D eigenvalue weighted by Crippen LogP contribution is -1.93. The van der Waals surface area contributed by atoms with Crippen molar-refractivity contribution in [3.8, 4) is 33.8 Å². The molecule has 0 unspecified atom stereocenters. The van der Waals surface area contributed by atoms with Crippen molar-refractivity contribution in [3.63, 3.8) is 0 Å². The summed E-state index contributed by atoms with van der Waals surface area (Å²) < 4.78 is 0. The molecule has 48 heavy (non-hydrogen) atoms. The van der Waals surface area contributed by atoms with Crippen LogP contribution in [0.1, 0.15) is 0 Å². The number of benzene rings is 5. The molecule has 0 N–H and O–H groups in total. The van der Waals surface area contributed by atoms with Gasteiger partial charge >= 0.3 is 0 Å². The molecule has 10 rings (SSSR count). The molecule has 5 aromatic heterocycles. The maximum atomic E-state index is 5.14. The molecule has 5 heterocycles. The fraction of sp³-hybridized carbons (Fsp3) is 0. The van der Waals surface area contributed by atoms with Crippen molar-refractivity contribution in [2.45, 2.75) is 0 Å². The standard InChI is InChI=1S/C43H25N5/c1-2-9-30-29(8-1)34-13-7-23-45-41(34)43-35(30)20-21-39(48-43)38-15-5-14-37(47-38)27-18-16-26(17-19-27)28-24-36-32-11-4-3-10-31(32)33-12-6-22-44-40(33)42(36)46-25-28/h1-25H. The Hall–Kier alpha value is -6.59. The van der Waals surface area contributed by atoms with Crippen LogP contribution in [0.15, 0.2) is 152 Å². The highest BCUT2D eigenvalue weighted by molar-refractivity contribution is 6.24. The van der Waals surface area contributed by atoms with E-state index in [1.807, 2.05) is 48.9 Å². The summed E-state index contributed by atoms with van der Waals surface area (Å²) in [4.78, 5) is 24.6. The van der Waals surface area contributed by atoms with E-state index in [4.69, 9.17) is 24.9 Å². The summed E-state index contributed by atoms with van der Waals surface area (Å²) in [5, 5.41) is 9.15. The van der Waals surface area contributed by atoms with Gasteiger partial charge < -0.3 is 0 Å². The third kappa shape index (κ3) is 4.08. The van der Waals surface area contributed by atoms with E-state index >= 15 is 0 Å². The zero-order valence-electron chi connectivity index (χ0n) is 25.7. The second-order valence-corrected chi connectivity index (χ2v) is 12.1. The molecule has 0 fully saturated rings. The normalized spacial score (nSPS) is 11.8. The van der Waals surface area contributed by atoms with Gasteiger partial charge in [0.05, 0.1) is 39.1 Å². The molecule has 222 valence electrons. The van der Waals surface area contributed by atoms with E-state index in [-0.39, 0.29) is 0 Å². The lowest BCUT2D eigenvalue weighted by molar-refractivity contribution is 1.28. The maximum Gasteiger partial charge on any atom is 0.0979 e. The minimum absolute atomic E-state index is 0.819. The number of aromatic nitrogens is 5. The van der Waals surface area contributed by atoms with Crippen LogP contribution in [0.4, 0.5) is 0 Å². The van der Waals surface area contributed by atoms with Crippen LogP contribution in [-0.4, -0.2) is 24.9 Å². The molecule has 0 saturated carbocycles. The summed E-state index contributed by atoms with van der Waals surface area (Å²) in [6.07, 6.45) is 5.62. The summed E-state index contributed by atoms with van der Waals surface area (Å²) >= 11 is 0. The molecule has 5 aromatic carbocycles. The Kier molecular flexibility index (Phi) is 5.81. The van der Waals surface area contributed by atoms with Gasteiger partial charge in [-0.05, 0) is 69.6 Å². The van der Waals surface area contributed by atoms with Crippen molar-refractivity contribution < 1.29 is 0 Å². The van der Waals surface area contributed by atoms with Crippen LogP contribution in [0.2, 0.25) is 0 Å². The van der Waals surface area contributed by atoms with Crippen LogP contribution in [-0.2, 0) is 0 Å². The Morgan fingerprint density at radius 3 is 1.50 bits per heavy atom. The SMILES string of the molecule is c1cc(-c2ccc(-c3cnc4c(c3)c3ccccc3c3cccnc34)cc2)nc(-c2ccc3c4ccccc4c4cccnc4c3n2)c1. The second-order valence-electron chi connectivity index (χ2n) is 12.1. The maximum absolute atomic E-state index is 5.14. The third-order valence-electron chi connectivity index (χ3n) is 9.39. The van der Waals surface area contributed by atoms with Crippen LogP contribution >= 0.6 is 0 Å². The average Bonchev–Trinajstić information content (AvgIpc) is 3.18. The van der Waals surface area contributed by atoms with Crippen molar-refractivity contribution in [2.75, 3.05) is 0 Å². The van der Waals surface area contributed by atoms with Gasteiger partial charge in [0.2, 0.25) is 0 Å². The number of rotatable bonds is 3. The molecule has 0 atom stereocenters. The predicted octanol–water partition coefficient (Wildman–Crippen LogP) is 10.6. The summed E-state index contributed by atoms with van der Waals surface area (Å²) in [5.74, 6) is 0. The first-order chi connectivity index (χ1) is 23.8. The fourth-order valence-electron chi connectivity index (χ4n) is 7.12. The van der Waals surface area contributed by atoms with Crippen LogP contribution in [0, 0.1) is 0 Å². The number of hydrogen-bond acceptors (Lipinski definition) is 5. The summed E-state index contributed by atoms with van der Waals surface area (Å²) in [6.45, 7) is 0. The molecule has 0 amide bonds. The van der Waals surface area contributed by atoms with E-state index in [1.54, 1.807) is 0 Å². The van der Waals surface area contributed by atoms with E-state index in [0.29, 0.717) is 0 Å². The summed E-state index contributed by atoms with van der Waals surface area (Å²) in [5.41, 5.74) is 9.36. The molecular formula is C43H25N5. The molecule has 0 saturated heterocycles. The monoisotopic (exact) mass is 611 g/mol. The fourth-order valence-corrected chi connectivity index (χ4v) is 7.12. The van der Waals surface area contributed by atoms with Gasteiger partial charge in [0.15, 0.2) is 0 Å². The molecule has 0 aliphatic carbocycles. The van der Waals surface area contributed by atoms with Gasteiger partial charge in [-0.3, -0.25) is 15.0 Å². The first-order valence-corrected chi connectivity index (χ1v) is 16.0. The van der Waals surface area contributed by atoms with Crippen LogP contribution in [0.3, 0.4) is 0 Å². The van der Waals surface area contributed by atoms with Gasteiger partial charge in [-0.25, -0.2) is 9.97 Å². The minimum atomic E-state index is 0.819. The highest BCUT2D eigenvalue weighted by Crippen LogP contribution is 2.36. The van der Waals surface area contributed by atoms with Crippen molar-refractivity contribution >= 4 is 65.2 Å². The van der Waals surface area contributed by atoms with Crippen molar-refractivity contribution in [1.29, 1.82) is 0 Å². The van der Waals surface area contributed by atoms with Gasteiger partial charge in [-0.15, -0.1) is 0 Å². The molecule has 5 nitrogen and oxygen atoms in total. The van der Waals surface area contributed by atoms with E-state index in [9.17, 15) is 0 Å². The molecule has 5 heteroatoms. The second kappa shape index (κ2) is 10.5. The van der Waals surface area contributed by atoms with Crippen LogP contribution < -0.4 is 0 Å². The van der Waals surface area contributed by atoms with Gasteiger partial charge in [-0.1, -0.05) is 91.0 Å². The van der Waals surface area contributed by atoms with Crippen LogP contribution in [0.25, 0.3) is 98.9 Å². The number of hydrogen-bond donors (Lipinski definition) is 0. The van der Waals surface area contributed by atoms with Gasteiger partial charge in [0.25, 0.3) is 0 Å². The molecule has 10 aromatic rings. The lowest BCUT2D eigenvalue weighted by Gasteiger charge is -2.11. The Bertz CT molecular complexity index is 2830. The zero-order valence-corrected chi connectivity index (χ0v) is 25.7. The highest BCUT2D eigenvalue weighted by atomic mass is 14.8. The third-order valence-corrected chi connectivity index (χ3v) is 9.39. The first kappa shape index (κ1) is 26.6. The molecular weight excluding hydrogens is 587 g/mol. The number of fused-ring (bicyclic) bond motifs is 12. The van der Waals surface area contributed by atoms with Crippen molar-refractivity contribution in [2.24, 2.45) is 0 Å². The number of nitrogens with zero attached hydrogens (tertiary/aromatic N) is 5. The predicted molar refractivity (Wildman–Crippen MR) is 197 cm³/mol.